The number of benzene rings is 2. The van der Waals surface area contributed by atoms with E-state index in [1.54, 1.807) is 35.5 Å². The summed E-state index contributed by atoms with van der Waals surface area (Å²) in [4.78, 5) is 32.9. The van der Waals surface area contributed by atoms with Gasteiger partial charge in [-0.15, -0.1) is 0 Å². The molecule has 0 N–H and O–H groups in total. The molecule has 0 fully saturated rings. The molecule has 5 rings (SSSR count). The number of nitrogens with zero attached hydrogens (tertiary/aromatic N) is 2. The largest absolute Gasteiger partial charge is 0.490 e. The van der Waals surface area contributed by atoms with Crippen molar-refractivity contribution in [1.29, 1.82) is 0 Å². The molecule has 0 saturated heterocycles. The van der Waals surface area contributed by atoms with E-state index in [2.05, 4.69) is 11.6 Å². The Morgan fingerprint density at radius 1 is 1.15 bits per heavy atom. The predicted octanol–water partition coefficient (Wildman–Crippen LogP) is 4.81. The van der Waals surface area contributed by atoms with E-state index in [-0.39, 0.29) is 17.1 Å². The topological polar surface area (TPSA) is 72.6 Å². The SMILES string of the molecule is C=CCOc1ccc(C2c3c(oc4ccc(C)cc4c3=O)C(=O)N2Cc2cccnc2)cc1. The number of ether oxygens (including phenoxy) is 1. The smallest absolute Gasteiger partial charge is 0.291 e. The fraction of sp³-hybridized carbons (Fsp3) is 0.148. The fourth-order valence-electron chi connectivity index (χ4n) is 4.23. The van der Waals surface area contributed by atoms with Crippen LogP contribution in [0.5, 0.6) is 5.75 Å². The van der Waals surface area contributed by atoms with E-state index in [1.165, 1.54) is 0 Å². The number of pyridine rings is 1. The summed E-state index contributed by atoms with van der Waals surface area (Å²) in [6.45, 7) is 6.27. The molecule has 2 aromatic carbocycles. The van der Waals surface area contributed by atoms with Crippen LogP contribution < -0.4 is 10.2 Å². The molecule has 1 aliphatic rings. The molecule has 4 aromatic rings. The lowest BCUT2D eigenvalue weighted by Crippen LogP contribution is -2.29. The number of rotatable bonds is 6. The van der Waals surface area contributed by atoms with Crippen LogP contribution in [-0.4, -0.2) is 22.4 Å². The summed E-state index contributed by atoms with van der Waals surface area (Å²) >= 11 is 0. The molecule has 164 valence electrons. The zero-order valence-corrected chi connectivity index (χ0v) is 18.2. The average Bonchev–Trinajstić information content (AvgIpc) is 3.11. The molecular weight excluding hydrogens is 416 g/mol. The first kappa shape index (κ1) is 20.7. The second kappa shape index (κ2) is 8.39. The minimum absolute atomic E-state index is 0.0947. The summed E-state index contributed by atoms with van der Waals surface area (Å²) in [7, 11) is 0. The van der Waals surface area contributed by atoms with Crippen LogP contribution in [0.2, 0.25) is 0 Å². The van der Waals surface area contributed by atoms with Gasteiger partial charge < -0.3 is 14.1 Å². The van der Waals surface area contributed by atoms with E-state index in [4.69, 9.17) is 9.15 Å². The average molecular weight is 438 g/mol. The Labute approximate surface area is 190 Å². The van der Waals surface area contributed by atoms with Gasteiger partial charge in [-0.1, -0.05) is 42.5 Å². The van der Waals surface area contributed by atoms with E-state index in [9.17, 15) is 9.59 Å². The number of hydrogen-bond donors (Lipinski definition) is 0. The number of carbonyl (C=O) groups excluding carboxylic acids is 1. The lowest BCUT2D eigenvalue weighted by atomic mass is 9.98. The monoisotopic (exact) mass is 438 g/mol. The third kappa shape index (κ3) is 3.69. The van der Waals surface area contributed by atoms with Gasteiger partial charge in [0.2, 0.25) is 5.76 Å². The molecule has 0 saturated carbocycles. The number of carbonyl (C=O) groups is 1. The van der Waals surface area contributed by atoms with Crippen molar-refractivity contribution in [3.8, 4) is 5.75 Å². The molecule has 1 unspecified atom stereocenters. The van der Waals surface area contributed by atoms with Gasteiger partial charge >= 0.3 is 0 Å². The Balaban J connectivity index is 1.66. The second-order valence-corrected chi connectivity index (χ2v) is 8.04. The fourth-order valence-corrected chi connectivity index (χ4v) is 4.23. The van der Waals surface area contributed by atoms with Crippen molar-refractivity contribution >= 4 is 16.9 Å². The van der Waals surface area contributed by atoms with Gasteiger partial charge in [0, 0.05) is 18.9 Å². The van der Waals surface area contributed by atoms with Gasteiger partial charge in [0.15, 0.2) is 5.43 Å². The van der Waals surface area contributed by atoms with Crippen LogP contribution in [-0.2, 0) is 6.54 Å². The molecule has 1 amide bonds. The Morgan fingerprint density at radius 2 is 1.97 bits per heavy atom. The van der Waals surface area contributed by atoms with E-state index in [0.717, 1.165) is 16.7 Å². The van der Waals surface area contributed by atoms with Crippen molar-refractivity contribution in [3.63, 3.8) is 0 Å². The quantitative estimate of drug-likeness (QED) is 0.404. The molecule has 1 aliphatic heterocycles. The Kier molecular flexibility index (Phi) is 5.26. The van der Waals surface area contributed by atoms with Crippen molar-refractivity contribution in [2.75, 3.05) is 6.61 Å². The highest BCUT2D eigenvalue weighted by Crippen LogP contribution is 2.39. The molecule has 33 heavy (non-hydrogen) atoms. The van der Waals surface area contributed by atoms with E-state index in [0.29, 0.717) is 35.4 Å². The van der Waals surface area contributed by atoms with Crippen LogP contribution in [0.4, 0.5) is 0 Å². The van der Waals surface area contributed by atoms with Crippen LogP contribution in [0.25, 0.3) is 11.0 Å². The van der Waals surface area contributed by atoms with Crippen LogP contribution in [0.15, 0.2) is 88.9 Å². The van der Waals surface area contributed by atoms with Crippen molar-refractivity contribution in [1.82, 2.24) is 9.88 Å². The number of amides is 1. The molecule has 6 nitrogen and oxygen atoms in total. The van der Waals surface area contributed by atoms with E-state index in [1.807, 2.05) is 49.4 Å². The molecule has 1 atom stereocenters. The van der Waals surface area contributed by atoms with E-state index < -0.39 is 6.04 Å². The van der Waals surface area contributed by atoms with Gasteiger partial charge in [-0.2, -0.15) is 0 Å². The first-order valence-corrected chi connectivity index (χ1v) is 10.7. The van der Waals surface area contributed by atoms with Gasteiger partial charge in [0.1, 0.15) is 17.9 Å². The molecule has 2 aromatic heterocycles. The van der Waals surface area contributed by atoms with Crippen molar-refractivity contribution in [2.24, 2.45) is 0 Å². The zero-order chi connectivity index (χ0) is 22.9. The number of aromatic nitrogens is 1. The molecule has 6 heteroatoms. The number of fused-ring (bicyclic) bond motifs is 2. The third-order valence-electron chi connectivity index (χ3n) is 5.76. The maximum Gasteiger partial charge on any atom is 0.291 e. The summed E-state index contributed by atoms with van der Waals surface area (Å²) in [6, 6.07) is 16.0. The lowest BCUT2D eigenvalue weighted by molar-refractivity contribution is 0.0714. The lowest BCUT2D eigenvalue weighted by Gasteiger charge is -2.25. The van der Waals surface area contributed by atoms with Gasteiger partial charge in [-0.05, 0) is 48.4 Å². The number of aryl methyl sites for hydroxylation is 1. The van der Waals surface area contributed by atoms with Crippen molar-refractivity contribution in [3.05, 3.63) is 118 Å². The Morgan fingerprint density at radius 3 is 2.70 bits per heavy atom. The van der Waals surface area contributed by atoms with Gasteiger partial charge in [0.25, 0.3) is 5.91 Å². The van der Waals surface area contributed by atoms with Crippen LogP contribution in [0.1, 0.15) is 38.9 Å². The minimum atomic E-state index is -0.581. The number of hydrogen-bond acceptors (Lipinski definition) is 5. The summed E-state index contributed by atoms with van der Waals surface area (Å²) in [6.07, 6.45) is 5.08. The molecule has 0 radical (unpaired) electrons. The Bertz CT molecular complexity index is 1410. The Hall–Kier alpha value is -4.19. The summed E-state index contributed by atoms with van der Waals surface area (Å²) in [5.41, 5.74) is 3.20. The van der Waals surface area contributed by atoms with Crippen molar-refractivity contribution < 1.29 is 13.9 Å². The molecular formula is C27H22N2O4. The summed E-state index contributed by atoms with van der Waals surface area (Å²) < 4.78 is 11.6. The third-order valence-corrected chi connectivity index (χ3v) is 5.76. The van der Waals surface area contributed by atoms with Gasteiger partial charge in [-0.25, -0.2) is 0 Å². The zero-order valence-electron chi connectivity index (χ0n) is 18.2. The standard InChI is InChI=1S/C27H22N2O4/c1-3-13-32-20-9-7-19(8-10-20)24-23-25(30)21-14-17(2)6-11-22(21)33-26(23)27(31)29(24)16-18-5-4-12-28-15-18/h3-12,14-15,24H,1,13,16H2,2H3. The van der Waals surface area contributed by atoms with Gasteiger partial charge in [0.05, 0.1) is 17.0 Å². The van der Waals surface area contributed by atoms with Crippen LogP contribution >= 0.6 is 0 Å². The van der Waals surface area contributed by atoms with Crippen LogP contribution in [0.3, 0.4) is 0 Å². The normalized spacial score (nSPS) is 15.0. The van der Waals surface area contributed by atoms with E-state index >= 15 is 0 Å². The predicted molar refractivity (Wildman–Crippen MR) is 125 cm³/mol. The van der Waals surface area contributed by atoms with Crippen LogP contribution in [0, 0.1) is 6.92 Å². The first-order chi connectivity index (χ1) is 16.1. The highest BCUT2D eigenvalue weighted by Gasteiger charge is 2.42. The highest BCUT2D eigenvalue weighted by atomic mass is 16.5. The summed E-state index contributed by atoms with van der Waals surface area (Å²) in [5.74, 6) is 0.464. The van der Waals surface area contributed by atoms with Crippen molar-refractivity contribution in [2.45, 2.75) is 19.5 Å². The molecule has 0 spiro atoms. The van der Waals surface area contributed by atoms with Gasteiger partial charge in [-0.3, -0.25) is 14.6 Å². The maximum atomic E-state index is 13.6. The maximum absolute atomic E-state index is 13.6. The molecule has 3 heterocycles. The minimum Gasteiger partial charge on any atom is -0.490 e. The summed E-state index contributed by atoms with van der Waals surface area (Å²) in [5, 5.41) is 0.473. The second-order valence-electron chi connectivity index (χ2n) is 8.04. The first-order valence-electron chi connectivity index (χ1n) is 10.7. The highest BCUT2D eigenvalue weighted by molar-refractivity contribution is 5.99. The molecule has 0 aliphatic carbocycles. The molecule has 0 bridgehead atoms.